The van der Waals surface area contributed by atoms with Crippen LogP contribution in [0.5, 0.6) is 11.5 Å². The third-order valence-electron chi connectivity index (χ3n) is 5.67. The van der Waals surface area contributed by atoms with Crippen molar-refractivity contribution in [3.05, 3.63) is 23.8 Å². The van der Waals surface area contributed by atoms with Crippen LogP contribution in [0.2, 0.25) is 0 Å². The quantitative estimate of drug-likeness (QED) is 0.892. The lowest BCUT2D eigenvalue weighted by Gasteiger charge is -2.39. The Balaban J connectivity index is 1.33. The summed E-state index contributed by atoms with van der Waals surface area (Å²) < 4.78 is 11.3. The molecule has 4 rings (SSSR count). The van der Waals surface area contributed by atoms with Gasteiger partial charge in [0.25, 0.3) is 0 Å². The molecule has 5 nitrogen and oxygen atoms in total. The van der Waals surface area contributed by atoms with Crippen molar-refractivity contribution in [3.63, 3.8) is 0 Å². The highest BCUT2D eigenvalue weighted by Gasteiger charge is 2.37. The van der Waals surface area contributed by atoms with Crippen LogP contribution in [0.15, 0.2) is 18.2 Å². The fraction of sp³-hybridized carbons (Fsp3) is 0.650. The largest absolute Gasteiger partial charge is 0.486 e. The van der Waals surface area contributed by atoms with E-state index in [9.17, 15) is 4.79 Å². The molecule has 1 N–H and O–H groups in total. The van der Waals surface area contributed by atoms with Crippen molar-refractivity contribution < 1.29 is 14.3 Å². The van der Waals surface area contributed by atoms with Gasteiger partial charge in [0.2, 0.25) is 5.91 Å². The summed E-state index contributed by atoms with van der Waals surface area (Å²) in [6.45, 7) is 6.11. The van der Waals surface area contributed by atoms with Crippen molar-refractivity contribution in [2.45, 2.75) is 45.2 Å². The molecular formula is C20H28N2O3. The van der Waals surface area contributed by atoms with Crippen molar-refractivity contribution in [1.82, 2.24) is 10.2 Å². The maximum Gasteiger partial charge on any atom is 0.225 e. The standard InChI is InChI=1S/C20H28N2O3/c1-2-15-13-22(20(23)16-4-5-16)8-7-17(15)21-12-14-3-6-18-19(11-14)25-10-9-24-18/h3,6,11,15-17,21H,2,4-5,7-10,12-13H2,1H3/t15-,17+/m0/s1. The molecule has 1 saturated carbocycles. The molecule has 0 unspecified atom stereocenters. The molecule has 2 aliphatic heterocycles. The SMILES string of the molecule is CC[C@H]1CN(C(=O)C2CC2)CC[C@H]1NCc1ccc2c(c1)OCCO2. The molecule has 1 aromatic rings. The number of piperidine rings is 1. The van der Waals surface area contributed by atoms with Gasteiger partial charge in [-0.2, -0.15) is 0 Å². The van der Waals surface area contributed by atoms with E-state index in [-0.39, 0.29) is 0 Å². The van der Waals surface area contributed by atoms with Gasteiger partial charge < -0.3 is 19.7 Å². The number of benzene rings is 1. The van der Waals surface area contributed by atoms with Crippen LogP contribution < -0.4 is 14.8 Å². The van der Waals surface area contributed by atoms with Gasteiger partial charge in [-0.05, 0) is 42.9 Å². The summed E-state index contributed by atoms with van der Waals surface area (Å²) in [7, 11) is 0. The molecule has 1 aromatic carbocycles. The summed E-state index contributed by atoms with van der Waals surface area (Å²) in [6.07, 6.45) is 4.34. The van der Waals surface area contributed by atoms with E-state index in [1.807, 2.05) is 6.07 Å². The Morgan fingerprint density at radius 2 is 2.00 bits per heavy atom. The van der Waals surface area contributed by atoms with E-state index in [1.165, 1.54) is 5.56 Å². The van der Waals surface area contributed by atoms with Crippen molar-refractivity contribution in [2.24, 2.45) is 11.8 Å². The van der Waals surface area contributed by atoms with E-state index >= 15 is 0 Å². The average molecular weight is 344 g/mol. The first-order chi connectivity index (χ1) is 12.2. The van der Waals surface area contributed by atoms with Gasteiger partial charge in [0, 0.05) is 31.6 Å². The van der Waals surface area contributed by atoms with E-state index in [2.05, 4.69) is 29.3 Å². The van der Waals surface area contributed by atoms with Gasteiger partial charge in [0.15, 0.2) is 11.5 Å². The molecule has 5 heteroatoms. The lowest BCUT2D eigenvalue weighted by Crippen LogP contribution is -2.51. The molecule has 136 valence electrons. The normalized spacial score (nSPS) is 25.7. The number of hydrogen-bond acceptors (Lipinski definition) is 4. The summed E-state index contributed by atoms with van der Waals surface area (Å²) in [5.41, 5.74) is 1.22. The number of fused-ring (bicyclic) bond motifs is 1. The first-order valence-corrected chi connectivity index (χ1v) is 9.65. The average Bonchev–Trinajstić information content (AvgIpc) is 3.50. The molecule has 2 heterocycles. The number of rotatable bonds is 5. The van der Waals surface area contributed by atoms with Crippen LogP contribution in [0.4, 0.5) is 0 Å². The lowest BCUT2D eigenvalue weighted by molar-refractivity contribution is -0.134. The van der Waals surface area contributed by atoms with Gasteiger partial charge in [0.1, 0.15) is 13.2 Å². The number of nitrogens with one attached hydrogen (secondary N) is 1. The lowest BCUT2D eigenvalue weighted by atomic mass is 9.89. The first kappa shape index (κ1) is 16.7. The molecule has 1 amide bonds. The van der Waals surface area contributed by atoms with Crippen molar-refractivity contribution in [2.75, 3.05) is 26.3 Å². The molecule has 2 fully saturated rings. The van der Waals surface area contributed by atoms with Crippen LogP contribution in [0, 0.1) is 11.8 Å². The van der Waals surface area contributed by atoms with Gasteiger partial charge in [-0.15, -0.1) is 0 Å². The summed E-state index contributed by atoms with van der Waals surface area (Å²) in [6, 6.07) is 6.66. The Labute approximate surface area is 149 Å². The highest BCUT2D eigenvalue weighted by molar-refractivity contribution is 5.81. The Morgan fingerprint density at radius 1 is 1.20 bits per heavy atom. The van der Waals surface area contributed by atoms with Gasteiger partial charge in [-0.1, -0.05) is 19.4 Å². The molecule has 0 bridgehead atoms. The smallest absolute Gasteiger partial charge is 0.225 e. The highest BCUT2D eigenvalue weighted by atomic mass is 16.6. The highest BCUT2D eigenvalue weighted by Crippen LogP contribution is 2.33. The second-order valence-corrected chi connectivity index (χ2v) is 7.48. The second kappa shape index (κ2) is 7.24. The van der Waals surface area contributed by atoms with E-state index < -0.39 is 0 Å². The summed E-state index contributed by atoms with van der Waals surface area (Å²) in [5.74, 6) is 2.95. The third-order valence-corrected chi connectivity index (χ3v) is 5.67. The number of nitrogens with zero attached hydrogens (tertiary/aromatic N) is 1. The molecule has 1 aliphatic carbocycles. The van der Waals surface area contributed by atoms with Crippen LogP contribution in [0.1, 0.15) is 38.2 Å². The van der Waals surface area contributed by atoms with Crippen LogP contribution in [-0.4, -0.2) is 43.2 Å². The van der Waals surface area contributed by atoms with E-state index in [0.717, 1.165) is 56.8 Å². The van der Waals surface area contributed by atoms with Crippen LogP contribution in [0.3, 0.4) is 0 Å². The van der Waals surface area contributed by atoms with E-state index in [0.29, 0.717) is 37.0 Å². The number of carbonyl (C=O) groups is 1. The molecule has 2 atom stereocenters. The summed E-state index contributed by atoms with van der Waals surface area (Å²) >= 11 is 0. The van der Waals surface area contributed by atoms with Crippen molar-refractivity contribution in [1.29, 1.82) is 0 Å². The predicted octanol–water partition coefficient (Wildman–Crippen LogP) is 2.58. The van der Waals surface area contributed by atoms with Crippen LogP contribution >= 0.6 is 0 Å². The summed E-state index contributed by atoms with van der Waals surface area (Å²) in [4.78, 5) is 14.4. The zero-order valence-electron chi connectivity index (χ0n) is 15.0. The van der Waals surface area contributed by atoms with Gasteiger partial charge in [0.05, 0.1) is 0 Å². The Kier molecular flexibility index (Phi) is 4.84. The molecule has 0 spiro atoms. The molecule has 1 saturated heterocycles. The second-order valence-electron chi connectivity index (χ2n) is 7.48. The number of hydrogen-bond donors (Lipinski definition) is 1. The minimum absolute atomic E-state index is 0.333. The first-order valence-electron chi connectivity index (χ1n) is 9.65. The van der Waals surface area contributed by atoms with Gasteiger partial charge in [-0.3, -0.25) is 4.79 Å². The molecule has 3 aliphatic rings. The Morgan fingerprint density at radius 3 is 2.76 bits per heavy atom. The fourth-order valence-corrected chi connectivity index (χ4v) is 3.95. The molecular weight excluding hydrogens is 316 g/mol. The predicted molar refractivity (Wildman–Crippen MR) is 95.8 cm³/mol. The van der Waals surface area contributed by atoms with Gasteiger partial charge >= 0.3 is 0 Å². The number of amides is 1. The number of likely N-dealkylation sites (tertiary alicyclic amines) is 1. The molecule has 25 heavy (non-hydrogen) atoms. The fourth-order valence-electron chi connectivity index (χ4n) is 3.95. The van der Waals surface area contributed by atoms with Crippen LogP contribution in [0.25, 0.3) is 0 Å². The van der Waals surface area contributed by atoms with E-state index in [4.69, 9.17) is 9.47 Å². The zero-order chi connectivity index (χ0) is 17.2. The Hall–Kier alpha value is -1.75. The maximum atomic E-state index is 12.3. The topological polar surface area (TPSA) is 50.8 Å². The van der Waals surface area contributed by atoms with Crippen molar-refractivity contribution in [3.8, 4) is 11.5 Å². The van der Waals surface area contributed by atoms with E-state index in [1.54, 1.807) is 0 Å². The zero-order valence-corrected chi connectivity index (χ0v) is 15.0. The van der Waals surface area contributed by atoms with Gasteiger partial charge in [-0.25, -0.2) is 0 Å². The van der Waals surface area contributed by atoms with Crippen molar-refractivity contribution >= 4 is 5.91 Å². The molecule has 0 aromatic heterocycles. The number of ether oxygens (including phenoxy) is 2. The molecule has 0 radical (unpaired) electrons. The number of carbonyl (C=O) groups excluding carboxylic acids is 1. The minimum Gasteiger partial charge on any atom is -0.486 e. The minimum atomic E-state index is 0.333. The maximum absolute atomic E-state index is 12.3. The summed E-state index contributed by atoms with van der Waals surface area (Å²) in [5, 5.41) is 3.72. The van der Waals surface area contributed by atoms with Crippen LogP contribution in [-0.2, 0) is 11.3 Å². The Bertz CT molecular complexity index is 629. The monoisotopic (exact) mass is 344 g/mol. The third kappa shape index (κ3) is 3.76.